The molecule has 1 aliphatic carbocycles. The molecule has 1 saturated carbocycles. The molecule has 2 fully saturated rings. The van der Waals surface area contributed by atoms with E-state index in [1.807, 2.05) is 0 Å². The van der Waals surface area contributed by atoms with Gasteiger partial charge in [0.2, 0.25) is 5.91 Å². The number of carbonyl (C=O) groups is 1. The van der Waals surface area contributed by atoms with Gasteiger partial charge in [0.1, 0.15) is 0 Å². The third kappa shape index (κ3) is 3.44. The Bertz CT molecular complexity index is 247. The van der Waals surface area contributed by atoms with Crippen molar-refractivity contribution in [2.45, 2.75) is 57.9 Å². The summed E-state index contributed by atoms with van der Waals surface area (Å²) >= 11 is 0. The van der Waals surface area contributed by atoms with E-state index in [1.54, 1.807) is 0 Å². The lowest BCUT2D eigenvalue weighted by molar-refractivity contribution is -0.139. The van der Waals surface area contributed by atoms with Crippen molar-refractivity contribution in [2.24, 2.45) is 5.92 Å². The molecule has 0 aromatic carbocycles. The second-order valence-corrected chi connectivity index (χ2v) is 5.63. The van der Waals surface area contributed by atoms with Crippen molar-refractivity contribution in [3.8, 4) is 0 Å². The van der Waals surface area contributed by atoms with Crippen LogP contribution >= 0.6 is 0 Å². The van der Waals surface area contributed by atoms with Crippen LogP contribution < -0.4 is 5.32 Å². The molecule has 3 nitrogen and oxygen atoms in total. The maximum Gasteiger partial charge on any atom is 0.226 e. The third-order valence-corrected chi connectivity index (χ3v) is 4.24. The smallest absolute Gasteiger partial charge is 0.226 e. The minimum atomic E-state index is 0.316. The number of rotatable bonds is 1. The van der Waals surface area contributed by atoms with Crippen LogP contribution in [0.15, 0.2) is 0 Å². The van der Waals surface area contributed by atoms with Crippen LogP contribution in [0.4, 0.5) is 0 Å². The molecule has 1 aliphatic heterocycles. The SMILES string of the molecule is CC1CNCCN1C(=O)C1CCCCCCC1. The number of nitrogens with zero attached hydrogens (tertiary/aromatic N) is 1. The molecule has 98 valence electrons. The highest BCUT2D eigenvalue weighted by Gasteiger charge is 2.28. The van der Waals surface area contributed by atoms with E-state index in [1.165, 1.54) is 32.1 Å². The average molecular weight is 238 g/mol. The first kappa shape index (κ1) is 12.9. The summed E-state index contributed by atoms with van der Waals surface area (Å²) in [6.45, 7) is 4.98. The van der Waals surface area contributed by atoms with Gasteiger partial charge in [-0.3, -0.25) is 4.79 Å². The van der Waals surface area contributed by atoms with Crippen molar-refractivity contribution >= 4 is 5.91 Å². The number of nitrogens with one attached hydrogen (secondary N) is 1. The van der Waals surface area contributed by atoms with Crippen LogP contribution in [0.3, 0.4) is 0 Å². The number of hydrogen-bond acceptors (Lipinski definition) is 2. The van der Waals surface area contributed by atoms with Crippen molar-refractivity contribution < 1.29 is 4.79 Å². The van der Waals surface area contributed by atoms with Crippen molar-refractivity contribution in [1.82, 2.24) is 10.2 Å². The van der Waals surface area contributed by atoms with Gasteiger partial charge in [-0.2, -0.15) is 0 Å². The monoisotopic (exact) mass is 238 g/mol. The van der Waals surface area contributed by atoms with Gasteiger partial charge in [0.15, 0.2) is 0 Å². The number of piperazine rings is 1. The van der Waals surface area contributed by atoms with Gasteiger partial charge in [-0.25, -0.2) is 0 Å². The Labute approximate surface area is 105 Å². The molecule has 1 N–H and O–H groups in total. The van der Waals surface area contributed by atoms with Gasteiger partial charge in [-0.05, 0) is 19.8 Å². The summed E-state index contributed by atoms with van der Waals surface area (Å²) in [4.78, 5) is 14.6. The topological polar surface area (TPSA) is 32.3 Å². The lowest BCUT2D eigenvalue weighted by atomic mass is 9.89. The number of amides is 1. The Morgan fingerprint density at radius 1 is 1.12 bits per heavy atom. The summed E-state index contributed by atoms with van der Waals surface area (Å²) in [5.74, 6) is 0.747. The van der Waals surface area contributed by atoms with Crippen molar-refractivity contribution in [3.63, 3.8) is 0 Å². The van der Waals surface area contributed by atoms with Gasteiger partial charge >= 0.3 is 0 Å². The predicted molar refractivity (Wildman–Crippen MR) is 69.9 cm³/mol. The molecule has 1 amide bonds. The molecule has 1 atom stereocenters. The van der Waals surface area contributed by atoms with E-state index < -0.39 is 0 Å². The summed E-state index contributed by atoms with van der Waals surface area (Å²) in [6, 6.07) is 0.377. The van der Waals surface area contributed by atoms with E-state index in [9.17, 15) is 4.79 Å². The van der Waals surface area contributed by atoms with E-state index in [0.29, 0.717) is 17.9 Å². The van der Waals surface area contributed by atoms with Crippen LogP contribution in [0.1, 0.15) is 51.9 Å². The summed E-state index contributed by atoms with van der Waals surface area (Å²) in [6.07, 6.45) is 8.74. The molecule has 0 bridgehead atoms. The molecule has 0 radical (unpaired) electrons. The molecule has 0 aromatic rings. The molecular formula is C14H26N2O. The molecule has 0 aromatic heterocycles. The fourth-order valence-corrected chi connectivity index (χ4v) is 3.11. The summed E-state index contributed by atoms with van der Waals surface area (Å²) < 4.78 is 0. The zero-order chi connectivity index (χ0) is 12.1. The zero-order valence-electron chi connectivity index (χ0n) is 11.1. The maximum absolute atomic E-state index is 12.5. The standard InChI is InChI=1S/C14H26N2O/c1-12-11-15-9-10-16(12)14(17)13-7-5-3-2-4-6-8-13/h12-13,15H,2-11H2,1H3. The van der Waals surface area contributed by atoms with E-state index in [-0.39, 0.29) is 0 Å². The van der Waals surface area contributed by atoms with E-state index >= 15 is 0 Å². The maximum atomic E-state index is 12.5. The van der Waals surface area contributed by atoms with Crippen LogP contribution in [0.5, 0.6) is 0 Å². The highest BCUT2D eigenvalue weighted by molar-refractivity contribution is 5.79. The minimum Gasteiger partial charge on any atom is -0.337 e. The van der Waals surface area contributed by atoms with Crippen LogP contribution in [-0.2, 0) is 4.79 Å². The summed E-state index contributed by atoms with van der Waals surface area (Å²) in [7, 11) is 0. The van der Waals surface area contributed by atoms with Gasteiger partial charge in [0.05, 0.1) is 0 Å². The highest BCUT2D eigenvalue weighted by Crippen LogP contribution is 2.24. The first-order valence-electron chi connectivity index (χ1n) is 7.30. The van der Waals surface area contributed by atoms with Gasteiger partial charge in [-0.1, -0.05) is 32.1 Å². The first-order valence-corrected chi connectivity index (χ1v) is 7.30. The Morgan fingerprint density at radius 2 is 1.76 bits per heavy atom. The van der Waals surface area contributed by atoms with Crippen molar-refractivity contribution in [3.05, 3.63) is 0 Å². The Balaban J connectivity index is 1.91. The fourth-order valence-electron chi connectivity index (χ4n) is 3.11. The van der Waals surface area contributed by atoms with Crippen LogP contribution in [0.25, 0.3) is 0 Å². The number of carbonyl (C=O) groups excluding carboxylic acids is 1. The quantitative estimate of drug-likeness (QED) is 0.759. The average Bonchev–Trinajstić information content (AvgIpc) is 2.28. The zero-order valence-corrected chi connectivity index (χ0v) is 11.1. The van der Waals surface area contributed by atoms with Gasteiger partial charge in [-0.15, -0.1) is 0 Å². The van der Waals surface area contributed by atoms with Crippen molar-refractivity contribution in [2.75, 3.05) is 19.6 Å². The second kappa shape index (κ2) is 6.39. The van der Waals surface area contributed by atoms with Gasteiger partial charge in [0, 0.05) is 31.6 Å². The summed E-state index contributed by atoms with van der Waals surface area (Å²) in [5.41, 5.74) is 0. The van der Waals surface area contributed by atoms with Crippen molar-refractivity contribution in [1.29, 1.82) is 0 Å². The summed E-state index contributed by atoms with van der Waals surface area (Å²) in [5, 5.41) is 3.35. The molecule has 17 heavy (non-hydrogen) atoms. The molecule has 2 aliphatic rings. The van der Waals surface area contributed by atoms with Crippen LogP contribution in [-0.4, -0.2) is 36.5 Å². The Morgan fingerprint density at radius 3 is 2.41 bits per heavy atom. The lowest BCUT2D eigenvalue weighted by Gasteiger charge is -2.36. The van der Waals surface area contributed by atoms with Gasteiger partial charge in [0.25, 0.3) is 0 Å². The molecule has 1 heterocycles. The molecule has 2 rings (SSSR count). The highest BCUT2D eigenvalue weighted by atomic mass is 16.2. The van der Waals surface area contributed by atoms with Crippen LogP contribution in [0.2, 0.25) is 0 Å². The fraction of sp³-hybridized carbons (Fsp3) is 0.929. The minimum absolute atomic E-state index is 0.316. The molecule has 1 unspecified atom stereocenters. The van der Waals surface area contributed by atoms with E-state index in [0.717, 1.165) is 32.5 Å². The molecule has 0 spiro atoms. The van der Waals surface area contributed by atoms with Crippen LogP contribution in [0, 0.1) is 5.92 Å². The van der Waals surface area contributed by atoms with E-state index in [4.69, 9.17) is 0 Å². The largest absolute Gasteiger partial charge is 0.337 e. The second-order valence-electron chi connectivity index (χ2n) is 5.63. The molecule has 3 heteroatoms. The molecular weight excluding hydrogens is 212 g/mol. The Kier molecular flexibility index (Phi) is 4.84. The molecule has 1 saturated heterocycles. The Hall–Kier alpha value is -0.570. The predicted octanol–water partition coefficient (Wildman–Crippen LogP) is 2.17. The normalized spacial score (nSPS) is 28.5. The van der Waals surface area contributed by atoms with E-state index in [2.05, 4.69) is 17.1 Å². The lowest BCUT2D eigenvalue weighted by Crippen LogP contribution is -2.53. The number of hydrogen-bond donors (Lipinski definition) is 1. The third-order valence-electron chi connectivity index (χ3n) is 4.24. The first-order chi connectivity index (χ1) is 8.29. The van der Waals surface area contributed by atoms with Gasteiger partial charge < -0.3 is 10.2 Å².